The molecule has 0 amide bonds. The van der Waals surface area contributed by atoms with Gasteiger partial charge in [-0.25, -0.2) is 9.59 Å². The van der Waals surface area contributed by atoms with Crippen molar-refractivity contribution in [3.63, 3.8) is 0 Å². The summed E-state index contributed by atoms with van der Waals surface area (Å²) in [5, 5.41) is 0. The number of benzene rings is 2. The SMILES string of the molecule is COC(=O)c1ccc(CC2=C/C(=C/c3ccccc3)C(=O)O2)cc1. The molecule has 0 aromatic heterocycles. The molecule has 0 saturated heterocycles. The quantitative estimate of drug-likeness (QED) is 0.639. The van der Waals surface area contributed by atoms with Gasteiger partial charge in [-0.2, -0.15) is 0 Å². The molecule has 3 rings (SSSR count). The Hall–Kier alpha value is -3.14. The fourth-order valence-corrected chi connectivity index (χ4v) is 2.43. The number of methoxy groups -OCH3 is 1. The highest BCUT2D eigenvalue weighted by atomic mass is 16.5. The van der Waals surface area contributed by atoms with Crippen molar-refractivity contribution >= 4 is 18.0 Å². The summed E-state index contributed by atoms with van der Waals surface area (Å²) in [7, 11) is 1.35. The first kappa shape index (κ1) is 15.7. The number of rotatable bonds is 4. The highest BCUT2D eigenvalue weighted by molar-refractivity contribution is 5.99. The van der Waals surface area contributed by atoms with Gasteiger partial charge in [0.25, 0.3) is 0 Å². The summed E-state index contributed by atoms with van der Waals surface area (Å²) in [6.07, 6.45) is 4.04. The molecule has 0 fully saturated rings. The van der Waals surface area contributed by atoms with E-state index in [4.69, 9.17) is 4.74 Å². The zero-order valence-electron chi connectivity index (χ0n) is 13.2. The molecule has 0 atom stereocenters. The van der Waals surface area contributed by atoms with E-state index in [1.54, 1.807) is 24.3 Å². The van der Waals surface area contributed by atoms with Crippen molar-refractivity contribution in [3.05, 3.63) is 88.7 Å². The molecule has 1 aliphatic heterocycles. The minimum atomic E-state index is -0.374. The van der Waals surface area contributed by atoms with E-state index in [-0.39, 0.29) is 11.9 Å². The molecule has 0 spiro atoms. The molecule has 2 aromatic rings. The van der Waals surface area contributed by atoms with Gasteiger partial charge in [0.15, 0.2) is 0 Å². The average Bonchev–Trinajstić information content (AvgIpc) is 2.95. The van der Waals surface area contributed by atoms with E-state index >= 15 is 0 Å². The molecule has 1 heterocycles. The van der Waals surface area contributed by atoms with Crippen molar-refractivity contribution in [3.8, 4) is 0 Å². The monoisotopic (exact) mass is 320 g/mol. The Morgan fingerprint density at radius 3 is 2.46 bits per heavy atom. The van der Waals surface area contributed by atoms with Gasteiger partial charge in [-0.05, 0) is 35.4 Å². The van der Waals surface area contributed by atoms with Crippen molar-refractivity contribution in [1.29, 1.82) is 0 Å². The number of hydrogen-bond acceptors (Lipinski definition) is 4. The number of hydrogen-bond donors (Lipinski definition) is 0. The van der Waals surface area contributed by atoms with Gasteiger partial charge in [-0.1, -0.05) is 42.5 Å². The third-order valence-electron chi connectivity index (χ3n) is 3.65. The maximum absolute atomic E-state index is 12.0. The summed E-state index contributed by atoms with van der Waals surface area (Å²) in [5.41, 5.74) is 2.91. The largest absolute Gasteiger partial charge is 0.465 e. The molecule has 4 nitrogen and oxygen atoms in total. The topological polar surface area (TPSA) is 52.6 Å². The zero-order valence-corrected chi connectivity index (χ0v) is 13.2. The Morgan fingerprint density at radius 1 is 1.08 bits per heavy atom. The predicted octanol–water partition coefficient (Wildman–Crippen LogP) is 3.54. The number of ether oxygens (including phenoxy) is 2. The molecule has 24 heavy (non-hydrogen) atoms. The third-order valence-corrected chi connectivity index (χ3v) is 3.65. The van der Waals surface area contributed by atoms with E-state index in [9.17, 15) is 9.59 Å². The molecular weight excluding hydrogens is 304 g/mol. The van der Waals surface area contributed by atoms with Crippen molar-refractivity contribution < 1.29 is 19.1 Å². The second kappa shape index (κ2) is 6.96. The van der Waals surface area contributed by atoms with Crippen molar-refractivity contribution in [2.75, 3.05) is 7.11 Å². The lowest BCUT2D eigenvalue weighted by Gasteiger charge is -2.03. The molecule has 2 aromatic carbocycles. The van der Waals surface area contributed by atoms with Crippen LogP contribution in [0.2, 0.25) is 0 Å². The van der Waals surface area contributed by atoms with Crippen LogP contribution < -0.4 is 0 Å². The fourth-order valence-electron chi connectivity index (χ4n) is 2.43. The van der Waals surface area contributed by atoms with Crippen LogP contribution in [0.1, 0.15) is 21.5 Å². The molecule has 0 saturated carbocycles. The lowest BCUT2D eigenvalue weighted by molar-refractivity contribution is -0.133. The standard InChI is InChI=1S/C20H16O4/c1-23-19(21)16-9-7-15(8-10-16)12-18-13-17(20(22)24-18)11-14-5-3-2-4-6-14/h2-11,13H,12H2,1H3/b17-11-. The van der Waals surface area contributed by atoms with Gasteiger partial charge in [0.2, 0.25) is 0 Å². The Balaban J connectivity index is 1.74. The van der Waals surface area contributed by atoms with Crippen molar-refractivity contribution in [1.82, 2.24) is 0 Å². The summed E-state index contributed by atoms with van der Waals surface area (Å²) in [6.45, 7) is 0. The van der Waals surface area contributed by atoms with E-state index in [0.717, 1.165) is 11.1 Å². The van der Waals surface area contributed by atoms with Crippen LogP contribution in [0.3, 0.4) is 0 Å². The molecule has 1 aliphatic rings. The molecule has 0 N–H and O–H groups in total. The molecular formula is C20H16O4. The lowest BCUT2D eigenvalue weighted by Crippen LogP contribution is -2.02. The van der Waals surface area contributed by atoms with Crippen molar-refractivity contribution in [2.24, 2.45) is 0 Å². The van der Waals surface area contributed by atoms with Gasteiger partial charge in [0, 0.05) is 6.42 Å². The van der Waals surface area contributed by atoms with E-state index in [1.165, 1.54) is 7.11 Å². The number of carbonyl (C=O) groups is 2. The number of cyclic esters (lactones) is 1. The van der Waals surface area contributed by atoms with Crippen LogP contribution in [-0.2, 0) is 20.7 Å². The maximum Gasteiger partial charge on any atom is 0.343 e. The van der Waals surface area contributed by atoms with Crippen LogP contribution in [0.15, 0.2) is 72.0 Å². The first-order chi connectivity index (χ1) is 11.7. The smallest absolute Gasteiger partial charge is 0.343 e. The van der Waals surface area contributed by atoms with Crippen LogP contribution in [0.4, 0.5) is 0 Å². The molecule has 0 aliphatic carbocycles. The Kier molecular flexibility index (Phi) is 4.57. The molecule has 120 valence electrons. The zero-order chi connectivity index (χ0) is 16.9. The van der Waals surface area contributed by atoms with Crippen LogP contribution in [0.25, 0.3) is 6.08 Å². The summed E-state index contributed by atoms with van der Waals surface area (Å²) < 4.78 is 9.98. The van der Waals surface area contributed by atoms with Gasteiger partial charge in [-0.15, -0.1) is 0 Å². The van der Waals surface area contributed by atoms with E-state index in [1.807, 2.05) is 42.5 Å². The number of carbonyl (C=O) groups excluding carboxylic acids is 2. The maximum atomic E-state index is 12.0. The highest BCUT2D eigenvalue weighted by Crippen LogP contribution is 2.23. The first-order valence-electron chi connectivity index (χ1n) is 7.52. The van der Waals surface area contributed by atoms with Crippen LogP contribution in [0, 0.1) is 0 Å². The first-order valence-corrected chi connectivity index (χ1v) is 7.52. The minimum Gasteiger partial charge on any atom is -0.465 e. The summed E-state index contributed by atoms with van der Waals surface area (Å²) in [4.78, 5) is 23.4. The van der Waals surface area contributed by atoms with Crippen LogP contribution >= 0.6 is 0 Å². The summed E-state index contributed by atoms with van der Waals surface area (Å²) in [5.74, 6) is -0.130. The second-order valence-corrected chi connectivity index (χ2v) is 5.38. The minimum absolute atomic E-state index is 0.347. The number of allylic oxidation sites excluding steroid dienone is 1. The highest BCUT2D eigenvalue weighted by Gasteiger charge is 2.20. The van der Waals surface area contributed by atoms with Gasteiger partial charge >= 0.3 is 11.9 Å². The average molecular weight is 320 g/mol. The summed E-state index contributed by atoms with van der Waals surface area (Å²) >= 11 is 0. The molecule has 0 unspecified atom stereocenters. The van der Waals surface area contributed by atoms with Gasteiger partial charge in [0.05, 0.1) is 18.2 Å². The normalized spacial score (nSPS) is 15.1. The van der Waals surface area contributed by atoms with Gasteiger partial charge in [-0.3, -0.25) is 0 Å². The Bertz CT molecular complexity index is 814. The molecule has 0 radical (unpaired) electrons. The lowest BCUT2D eigenvalue weighted by atomic mass is 10.1. The third kappa shape index (κ3) is 3.60. The summed E-state index contributed by atoms with van der Waals surface area (Å²) in [6, 6.07) is 16.6. The van der Waals surface area contributed by atoms with E-state index in [0.29, 0.717) is 23.3 Å². The van der Waals surface area contributed by atoms with Crippen molar-refractivity contribution in [2.45, 2.75) is 6.42 Å². The van der Waals surface area contributed by atoms with Crippen LogP contribution in [-0.4, -0.2) is 19.0 Å². The fraction of sp³-hybridized carbons (Fsp3) is 0.100. The van der Waals surface area contributed by atoms with E-state index < -0.39 is 0 Å². The van der Waals surface area contributed by atoms with Gasteiger partial charge in [0.1, 0.15) is 5.76 Å². The Morgan fingerprint density at radius 2 is 1.79 bits per heavy atom. The molecule has 0 bridgehead atoms. The van der Waals surface area contributed by atoms with E-state index in [2.05, 4.69) is 4.74 Å². The molecule has 4 heteroatoms. The van der Waals surface area contributed by atoms with Crippen LogP contribution in [0.5, 0.6) is 0 Å². The van der Waals surface area contributed by atoms with Gasteiger partial charge < -0.3 is 9.47 Å². The second-order valence-electron chi connectivity index (χ2n) is 5.38. The Labute approximate surface area is 140 Å². The predicted molar refractivity (Wildman–Crippen MR) is 90.1 cm³/mol. The number of esters is 2.